The van der Waals surface area contributed by atoms with Gasteiger partial charge in [0.2, 0.25) is 0 Å². The van der Waals surface area contributed by atoms with Gasteiger partial charge in [-0.3, -0.25) is 14.7 Å². The number of ether oxygens (including phenoxy) is 3. The van der Waals surface area contributed by atoms with Crippen LogP contribution in [0.2, 0.25) is 0 Å². The summed E-state index contributed by atoms with van der Waals surface area (Å²) in [5.74, 6) is 0.765. The van der Waals surface area contributed by atoms with Crippen LogP contribution in [-0.2, 0) is 4.74 Å². The Balaban J connectivity index is 1.16. The number of morpholine rings is 1. The molecule has 170 valence electrons. The van der Waals surface area contributed by atoms with E-state index in [1.165, 1.54) is 0 Å². The standard InChI is InChI=1S/C22H33N5O4/c1-29-20-2-3-21-18(14-20)15-23-22(24-21)31-17-19(28)16-27-8-6-25(7-9-27)4-5-26-10-12-30-13-11-26/h2-3,14-15,19,28H,4-13,16-17H2,1H3. The van der Waals surface area contributed by atoms with Crippen LogP contribution < -0.4 is 9.47 Å². The highest BCUT2D eigenvalue weighted by molar-refractivity contribution is 5.79. The number of hydrogen-bond acceptors (Lipinski definition) is 9. The summed E-state index contributed by atoms with van der Waals surface area (Å²) in [5.41, 5.74) is 0.786. The largest absolute Gasteiger partial charge is 0.497 e. The first-order valence-corrected chi connectivity index (χ1v) is 11.1. The number of β-amino-alcohol motifs (C(OH)–C–C–N with tert-alkyl or cyclic N) is 1. The lowest BCUT2D eigenvalue weighted by atomic mass is 10.2. The van der Waals surface area contributed by atoms with Gasteiger partial charge in [0.15, 0.2) is 0 Å². The number of aliphatic hydroxyl groups excluding tert-OH is 1. The molecule has 2 aliphatic rings. The van der Waals surface area contributed by atoms with Crippen molar-refractivity contribution in [3.8, 4) is 11.8 Å². The molecule has 3 heterocycles. The molecule has 2 aliphatic heterocycles. The van der Waals surface area contributed by atoms with Crippen molar-refractivity contribution < 1.29 is 19.3 Å². The molecular weight excluding hydrogens is 398 g/mol. The van der Waals surface area contributed by atoms with E-state index in [0.717, 1.165) is 82.2 Å². The van der Waals surface area contributed by atoms with E-state index in [-0.39, 0.29) is 12.6 Å². The highest BCUT2D eigenvalue weighted by Crippen LogP contribution is 2.20. The number of piperazine rings is 1. The van der Waals surface area contributed by atoms with E-state index in [9.17, 15) is 5.11 Å². The van der Waals surface area contributed by atoms with Crippen LogP contribution in [0.25, 0.3) is 10.9 Å². The summed E-state index contributed by atoms with van der Waals surface area (Å²) in [6.07, 6.45) is 1.14. The number of nitrogens with zero attached hydrogens (tertiary/aromatic N) is 5. The van der Waals surface area contributed by atoms with Gasteiger partial charge in [-0.15, -0.1) is 0 Å². The third-order valence-electron chi connectivity index (χ3n) is 5.94. The Morgan fingerprint density at radius 3 is 2.48 bits per heavy atom. The van der Waals surface area contributed by atoms with Crippen LogP contribution >= 0.6 is 0 Å². The quantitative estimate of drug-likeness (QED) is 0.604. The molecule has 1 atom stereocenters. The van der Waals surface area contributed by atoms with E-state index >= 15 is 0 Å². The van der Waals surface area contributed by atoms with Crippen molar-refractivity contribution in [2.45, 2.75) is 6.10 Å². The maximum Gasteiger partial charge on any atom is 0.317 e. The predicted molar refractivity (Wildman–Crippen MR) is 118 cm³/mol. The number of benzene rings is 1. The van der Waals surface area contributed by atoms with Crippen molar-refractivity contribution in [3.63, 3.8) is 0 Å². The zero-order valence-electron chi connectivity index (χ0n) is 18.3. The zero-order valence-corrected chi connectivity index (χ0v) is 18.3. The highest BCUT2D eigenvalue weighted by atomic mass is 16.5. The number of aliphatic hydroxyl groups is 1. The van der Waals surface area contributed by atoms with Gasteiger partial charge in [-0.2, -0.15) is 4.98 Å². The molecule has 0 radical (unpaired) electrons. The lowest BCUT2D eigenvalue weighted by molar-refractivity contribution is 0.0237. The van der Waals surface area contributed by atoms with Crippen LogP contribution in [0.5, 0.6) is 11.8 Å². The normalized spacial score (nSPS) is 20.1. The minimum absolute atomic E-state index is 0.179. The number of aromatic nitrogens is 2. The monoisotopic (exact) mass is 431 g/mol. The second-order valence-corrected chi connectivity index (χ2v) is 8.14. The second-order valence-electron chi connectivity index (χ2n) is 8.14. The molecule has 31 heavy (non-hydrogen) atoms. The molecule has 0 saturated carbocycles. The molecule has 9 nitrogen and oxygen atoms in total. The first kappa shape index (κ1) is 22.2. The number of fused-ring (bicyclic) bond motifs is 1. The molecule has 0 amide bonds. The Morgan fingerprint density at radius 1 is 1.03 bits per heavy atom. The van der Waals surface area contributed by atoms with Gasteiger partial charge in [-0.05, 0) is 18.2 Å². The SMILES string of the molecule is COc1ccc2nc(OCC(O)CN3CCN(CCN4CCOCC4)CC3)ncc2c1. The van der Waals surface area contributed by atoms with Crippen molar-refractivity contribution in [3.05, 3.63) is 24.4 Å². The molecule has 2 fully saturated rings. The molecule has 1 aromatic carbocycles. The fraction of sp³-hybridized carbons (Fsp3) is 0.636. The summed E-state index contributed by atoms with van der Waals surface area (Å²) >= 11 is 0. The van der Waals surface area contributed by atoms with Gasteiger partial charge in [0, 0.05) is 70.5 Å². The Labute approximate surface area is 183 Å². The Hall–Kier alpha value is -2.04. The summed E-state index contributed by atoms with van der Waals surface area (Å²) in [5, 5.41) is 11.3. The molecule has 2 aromatic rings. The van der Waals surface area contributed by atoms with E-state index in [1.54, 1.807) is 13.3 Å². The molecule has 4 rings (SSSR count). The zero-order chi connectivity index (χ0) is 21.5. The molecule has 1 aromatic heterocycles. The van der Waals surface area contributed by atoms with Gasteiger partial charge >= 0.3 is 6.01 Å². The Morgan fingerprint density at radius 2 is 1.74 bits per heavy atom. The molecular formula is C22H33N5O4. The minimum Gasteiger partial charge on any atom is -0.497 e. The van der Waals surface area contributed by atoms with Crippen molar-refractivity contribution >= 4 is 10.9 Å². The number of hydrogen-bond donors (Lipinski definition) is 1. The van der Waals surface area contributed by atoms with Gasteiger partial charge in [-0.25, -0.2) is 4.98 Å². The van der Waals surface area contributed by atoms with Crippen LogP contribution in [-0.4, -0.2) is 122 Å². The topological polar surface area (TPSA) is 83.4 Å². The van der Waals surface area contributed by atoms with Gasteiger partial charge in [-0.1, -0.05) is 0 Å². The molecule has 9 heteroatoms. The van der Waals surface area contributed by atoms with Crippen LogP contribution in [0.15, 0.2) is 24.4 Å². The van der Waals surface area contributed by atoms with Crippen LogP contribution in [0.1, 0.15) is 0 Å². The number of methoxy groups -OCH3 is 1. The van der Waals surface area contributed by atoms with Crippen molar-refractivity contribution in [1.82, 2.24) is 24.7 Å². The second kappa shape index (κ2) is 11.0. The maximum atomic E-state index is 10.4. The molecule has 2 saturated heterocycles. The van der Waals surface area contributed by atoms with Crippen LogP contribution in [0.3, 0.4) is 0 Å². The van der Waals surface area contributed by atoms with Crippen molar-refractivity contribution in [2.24, 2.45) is 0 Å². The first-order chi connectivity index (χ1) is 15.2. The third-order valence-corrected chi connectivity index (χ3v) is 5.94. The first-order valence-electron chi connectivity index (χ1n) is 11.1. The molecule has 0 spiro atoms. The molecule has 0 aliphatic carbocycles. The lowest BCUT2D eigenvalue weighted by Gasteiger charge is -2.37. The number of rotatable bonds is 9. The summed E-state index contributed by atoms with van der Waals surface area (Å²) in [6.45, 7) is 10.8. The summed E-state index contributed by atoms with van der Waals surface area (Å²) in [7, 11) is 1.63. The minimum atomic E-state index is -0.574. The molecule has 1 N–H and O–H groups in total. The van der Waals surface area contributed by atoms with E-state index in [4.69, 9.17) is 14.2 Å². The summed E-state index contributed by atoms with van der Waals surface area (Å²) in [4.78, 5) is 15.9. The van der Waals surface area contributed by atoms with E-state index < -0.39 is 6.10 Å². The lowest BCUT2D eigenvalue weighted by Crippen LogP contribution is -2.51. The Kier molecular flexibility index (Phi) is 7.87. The fourth-order valence-electron chi connectivity index (χ4n) is 4.02. The average molecular weight is 432 g/mol. The maximum absolute atomic E-state index is 10.4. The van der Waals surface area contributed by atoms with Gasteiger partial charge in [0.05, 0.1) is 25.8 Å². The summed E-state index contributed by atoms with van der Waals surface area (Å²) < 4.78 is 16.3. The highest BCUT2D eigenvalue weighted by Gasteiger charge is 2.20. The fourth-order valence-corrected chi connectivity index (χ4v) is 4.02. The smallest absolute Gasteiger partial charge is 0.317 e. The summed E-state index contributed by atoms with van der Waals surface area (Å²) in [6, 6.07) is 5.89. The third kappa shape index (κ3) is 6.47. The molecule has 1 unspecified atom stereocenters. The predicted octanol–water partition coefficient (Wildman–Crippen LogP) is 0.328. The van der Waals surface area contributed by atoms with E-state index in [0.29, 0.717) is 6.54 Å². The van der Waals surface area contributed by atoms with E-state index in [2.05, 4.69) is 24.7 Å². The molecule has 0 bridgehead atoms. The van der Waals surface area contributed by atoms with Crippen LogP contribution in [0.4, 0.5) is 0 Å². The van der Waals surface area contributed by atoms with Crippen molar-refractivity contribution in [1.29, 1.82) is 0 Å². The van der Waals surface area contributed by atoms with Gasteiger partial charge in [0.1, 0.15) is 18.5 Å². The average Bonchev–Trinajstić information content (AvgIpc) is 2.82. The van der Waals surface area contributed by atoms with E-state index in [1.807, 2.05) is 18.2 Å². The van der Waals surface area contributed by atoms with Gasteiger partial charge < -0.3 is 19.3 Å². The van der Waals surface area contributed by atoms with Crippen molar-refractivity contribution in [2.75, 3.05) is 85.8 Å². The van der Waals surface area contributed by atoms with Gasteiger partial charge in [0.25, 0.3) is 0 Å². The van der Waals surface area contributed by atoms with Crippen LogP contribution in [0, 0.1) is 0 Å². The Bertz CT molecular complexity index is 825.